The van der Waals surface area contributed by atoms with E-state index in [0.717, 1.165) is 70.8 Å². The summed E-state index contributed by atoms with van der Waals surface area (Å²) in [4.78, 5) is 55.3. The standard InChI is InChI=1S/C34H28N4O4/c39-31-23-11-7-19-21-9-13-25-30-26(34(42)38(33(25)41)36-17-5-2-6-18-36)14-10-22(28(21)30)20-8-12-24(29(23)27(19)20)32(40)37(31)35-15-3-1-4-16-35/h7-14H,1-6,15-18H2. The number of carbonyl (C=O) groups excluding carboxylic acids is 4. The van der Waals surface area contributed by atoms with Crippen LogP contribution in [0.25, 0.3) is 43.1 Å². The summed E-state index contributed by atoms with van der Waals surface area (Å²) in [5.41, 5.74) is 2.14. The zero-order valence-corrected chi connectivity index (χ0v) is 23.1. The fraction of sp³-hybridized carbons (Fsp3) is 0.294. The van der Waals surface area contributed by atoms with E-state index in [0.29, 0.717) is 59.2 Å². The number of piperidine rings is 2. The molecule has 0 aliphatic carbocycles. The molecule has 4 aliphatic rings. The van der Waals surface area contributed by atoms with Gasteiger partial charge >= 0.3 is 0 Å². The average Bonchev–Trinajstić information content (AvgIpc) is 3.03. The molecule has 4 aliphatic heterocycles. The van der Waals surface area contributed by atoms with Gasteiger partial charge in [-0.1, -0.05) is 37.1 Å². The van der Waals surface area contributed by atoms with Gasteiger partial charge in [0, 0.05) is 37.0 Å². The minimum absolute atomic E-state index is 0.275. The lowest BCUT2D eigenvalue weighted by molar-refractivity contribution is -0.0124. The zero-order valence-electron chi connectivity index (χ0n) is 23.1. The van der Waals surface area contributed by atoms with Crippen LogP contribution in [0.1, 0.15) is 80.0 Å². The van der Waals surface area contributed by atoms with Crippen molar-refractivity contribution in [2.24, 2.45) is 0 Å². The van der Waals surface area contributed by atoms with Gasteiger partial charge in [-0.3, -0.25) is 19.2 Å². The maximum atomic E-state index is 13.8. The second-order valence-corrected chi connectivity index (χ2v) is 12.0. The number of nitrogens with zero attached hydrogens (tertiary/aromatic N) is 4. The molecule has 5 aromatic carbocycles. The predicted molar refractivity (Wildman–Crippen MR) is 159 cm³/mol. The predicted octanol–water partition coefficient (Wildman–Crippen LogP) is 5.73. The summed E-state index contributed by atoms with van der Waals surface area (Å²) in [5, 5.41) is 13.3. The average molecular weight is 557 g/mol. The maximum absolute atomic E-state index is 13.8. The van der Waals surface area contributed by atoms with Crippen LogP contribution in [0.5, 0.6) is 0 Å². The summed E-state index contributed by atoms with van der Waals surface area (Å²) < 4.78 is 0. The van der Waals surface area contributed by atoms with Gasteiger partial charge in [0.1, 0.15) is 0 Å². The van der Waals surface area contributed by atoms with Crippen LogP contribution in [0, 0.1) is 0 Å². The molecule has 5 aromatic rings. The summed E-state index contributed by atoms with van der Waals surface area (Å²) in [6, 6.07) is 15.2. The molecule has 0 bridgehead atoms. The highest BCUT2D eigenvalue weighted by Gasteiger charge is 2.40. The van der Waals surface area contributed by atoms with Crippen molar-refractivity contribution in [3.05, 3.63) is 70.8 Å². The monoisotopic (exact) mass is 556 g/mol. The Balaban J connectivity index is 1.29. The van der Waals surface area contributed by atoms with Crippen molar-refractivity contribution in [1.82, 2.24) is 20.0 Å². The van der Waals surface area contributed by atoms with E-state index in [9.17, 15) is 19.2 Å². The van der Waals surface area contributed by atoms with Gasteiger partial charge in [-0.05, 0) is 82.3 Å². The van der Waals surface area contributed by atoms with Crippen LogP contribution in [-0.4, -0.2) is 69.8 Å². The van der Waals surface area contributed by atoms with Crippen LogP contribution in [0.15, 0.2) is 48.5 Å². The highest BCUT2D eigenvalue weighted by molar-refractivity contribution is 6.41. The van der Waals surface area contributed by atoms with Gasteiger partial charge in [-0.2, -0.15) is 0 Å². The number of hydrazine groups is 2. The Bertz CT molecular complexity index is 1790. The molecule has 208 valence electrons. The molecule has 0 aromatic heterocycles. The molecule has 8 nitrogen and oxygen atoms in total. The van der Waals surface area contributed by atoms with E-state index in [1.54, 1.807) is 0 Å². The largest absolute Gasteiger partial charge is 0.276 e. The van der Waals surface area contributed by atoms with E-state index in [-0.39, 0.29) is 23.6 Å². The molecule has 0 radical (unpaired) electrons. The lowest BCUT2D eigenvalue weighted by Gasteiger charge is -2.38. The van der Waals surface area contributed by atoms with Gasteiger partial charge in [-0.25, -0.2) is 20.0 Å². The second kappa shape index (κ2) is 8.56. The van der Waals surface area contributed by atoms with Crippen LogP contribution in [0.3, 0.4) is 0 Å². The molecule has 42 heavy (non-hydrogen) atoms. The first-order valence-electron chi connectivity index (χ1n) is 15.0. The normalized spacial score (nSPS) is 20.3. The molecule has 2 fully saturated rings. The third-order valence-electron chi connectivity index (χ3n) is 9.82. The Hall–Kier alpha value is -4.40. The topological polar surface area (TPSA) is 81.2 Å². The van der Waals surface area contributed by atoms with Crippen LogP contribution in [0.4, 0.5) is 0 Å². The van der Waals surface area contributed by atoms with E-state index in [2.05, 4.69) is 0 Å². The van der Waals surface area contributed by atoms with Crippen molar-refractivity contribution in [1.29, 1.82) is 0 Å². The molecule has 9 rings (SSSR count). The van der Waals surface area contributed by atoms with Gasteiger partial charge in [0.05, 0.1) is 22.3 Å². The zero-order chi connectivity index (χ0) is 28.3. The molecule has 0 atom stereocenters. The summed E-state index contributed by atoms with van der Waals surface area (Å²) in [6.45, 7) is 2.77. The Kier molecular flexibility index (Phi) is 4.94. The summed E-state index contributed by atoms with van der Waals surface area (Å²) in [5.74, 6) is -1.10. The van der Waals surface area contributed by atoms with Crippen LogP contribution in [-0.2, 0) is 0 Å². The first-order valence-corrected chi connectivity index (χ1v) is 15.0. The molecule has 0 N–H and O–H groups in total. The van der Waals surface area contributed by atoms with E-state index >= 15 is 0 Å². The third-order valence-corrected chi connectivity index (χ3v) is 9.82. The van der Waals surface area contributed by atoms with Crippen LogP contribution < -0.4 is 0 Å². The summed E-state index contributed by atoms with van der Waals surface area (Å²) >= 11 is 0. The number of imide groups is 2. The van der Waals surface area contributed by atoms with E-state index in [1.807, 2.05) is 58.5 Å². The van der Waals surface area contributed by atoms with Crippen molar-refractivity contribution < 1.29 is 19.2 Å². The lowest BCUT2D eigenvalue weighted by Crippen LogP contribution is -2.53. The number of fused-ring (bicyclic) bond motifs is 2. The Morgan fingerprint density at radius 3 is 0.929 bits per heavy atom. The van der Waals surface area contributed by atoms with Crippen molar-refractivity contribution in [2.45, 2.75) is 38.5 Å². The van der Waals surface area contributed by atoms with E-state index in [1.165, 1.54) is 10.0 Å². The fourth-order valence-electron chi connectivity index (χ4n) is 7.91. The van der Waals surface area contributed by atoms with Crippen molar-refractivity contribution in [3.8, 4) is 0 Å². The molecule has 4 amide bonds. The Morgan fingerprint density at radius 1 is 0.357 bits per heavy atom. The minimum Gasteiger partial charge on any atom is -0.267 e. The molecule has 8 heteroatoms. The SMILES string of the molecule is O=C1c2ccc3c4ccc5c6c(ccc(c7ccc(c2c37)C(=O)N1N1CCCCC1)c64)C(=O)N(N1CCCCC1)C5=O. The lowest BCUT2D eigenvalue weighted by atomic mass is 9.82. The molecule has 2 saturated heterocycles. The number of hydrogen-bond donors (Lipinski definition) is 0. The highest BCUT2D eigenvalue weighted by atomic mass is 16.2. The molecular weight excluding hydrogens is 528 g/mol. The molecular formula is C34H28N4O4. The maximum Gasteiger partial charge on any atom is 0.276 e. The van der Waals surface area contributed by atoms with E-state index < -0.39 is 0 Å². The van der Waals surface area contributed by atoms with Crippen LogP contribution >= 0.6 is 0 Å². The Labute approximate surface area is 241 Å². The Morgan fingerprint density at radius 2 is 0.643 bits per heavy atom. The number of hydrogen-bond acceptors (Lipinski definition) is 6. The van der Waals surface area contributed by atoms with Gasteiger partial charge in [0.15, 0.2) is 0 Å². The number of carbonyl (C=O) groups is 4. The molecule has 0 saturated carbocycles. The summed E-state index contributed by atoms with van der Waals surface area (Å²) in [6.07, 6.45) is 6.05. The van der Waals surface area contributed by atoms with E-state index in [4.69, 9.17) is 0 Å². The van der Waals surface area contributed by atoms with Crippen molar-refractivity contribution in [3.63, 3.8) is 0 Å². The van der Waals surface area contributed by atoms with Gasteiger partial charge in [-0.15, -0.1) is 0 Å². The number of amides is 4. The van der Waals surface area contributed by atoms with Crippen molar-refractivity contribution in [2.75, 3.05) is 26.2 Å². The van der Waals surface area contributed by atoms with Gasteiger partial charge in [0.25, 0.3) is 23.6 Å². The summed E-state index contributed by atoms with van der Waals surface area (Å²) in [7, 11) is 0. The van der Waals surface area contributed by atoms with Gasteiger partial charge in [0.2, 0.25) is 0 Å². The number of benzene rings is 5. The smallest absolute Gasteiger partial charge is 0.267 e. The molecule has 0 unspecified atom stereocenters. The number of rotatable bonds is 2. The fourth-order valence-corrected chi connectivity index (χ4v) is 7.91. The van der Waals surface area contributed by atoms with Crippen LogP contribution in [0.2, 0.25) is 0 Å². The third kappa shape index (κ3) is 2.98. The van der Waals surface area contributed by atoms with Crippen molar-refractivity contribution >= 4 is 66.7 Å². The second-order valence-electron chi connectivity index (χ2n) is 12.0. The first-order chi connectivity index (χ1) is 20.5. The highest BCUT2D eigenvalue weighted by Crippen LogP contribution is 2.46. The molecule has 4 heterocycles. The minimum atomic E-state index is -0.275. The quantitative estimate of drug-likeness (QED) is 0.157. The van der Waals surface area contributed by atoms with Gasteiger partial charge < -0.3 is 0 Å². The molecule has 0 spiro atoms. The first kappa shape index (κ1) is 24.2.